The fourth-order valence-corrected chi connectivity index (χ4v) is 4.74. The minimum absolute atomic E-state index is 0.0545. The van der Waals surface area contributed by atoms with Gasteiger partial charge in [-0.1, -0.05) is 32.1 Å². The molecule has 0 radical (unpaired) electrons. The van der Waals surface area contributed by atoms with Crippen molar-refractivity contribution in [2.45, 2.75) is 39.7 Å². The van der Waals surface area contributed by atoms with Gasteiger partial charge in [-0.2, -0.15) is 0 Å². The number of ketones is 1. The van der Waals surface area contributed by atoms with Crippen LogP contribution in [0.5, 0.6) is 0 Å². The van der Waals surface area contributed by atoms with E-state index in [1.807, 2.05) is 6.08 Å². The van der Waals surface area contributed by atoms with E-state index in [0.717, 1.165) is 12.0 Å². The van der Waals surface area contributed by atoms with Crippen molar-refractivity contribution >= 4 is 11.8 Å². The van der Waals surface area contributed by atoms with Crippen LogP contribution in [0.2, 0.25) is 0 Å². The van der Waals surface area contributed by atoms with Crippen LogP contribution in [0, 0.1) is 22.7 Å². The first-order valence-corrected chi connectivity index (χ1v) is 6.86. The van der Waals surface area contributed by atoms with Crippen LogP contribution in [0.4, 0.5) is 0 Å². The van der Waals surface area contributed by atoms with Crippen molar-refractivity contribution < 1.29 is 14.3 Å². The van der Waals surface area contributed by atoms with Crippen LogP contribution < -0.4 is 0 Å². The summed E-state index contributed by atoms with van der Waals surface area (Å²) in [4.78, 5) is 23.6. The molecule has 0 spiro atoms. The van der Waals surface area contributed by atoms with Crippen molar-refractivity contribution in [2.24, 2.45) is 22.7 Å². The minimum Gasteiger partial charge on any atom is -0.462 e. The zero-order valence-electron chi connectivity index (χ0n) is 11.7. The van der Waals surface area contributed by atoms with E-state index in [1.165, 1.54) is 6.92 Å². The van der Waals surface area contributed by atoms with Crippen LogP contribution in [0.15, 0.2) is 24.3 Å². The molecule has 0 amide bonds. The Kier molecular flexibility index (Phi) is 2.39. The number of hydrogen-bond donors (Lipinski definition) is 0. The van der Waals surface area contributed by atoms with Gasteiger partial charge in [0, 0.05) is 30.6 Å². The summed E-state index contributed by atoms with van der Waals surface area (Å²) in [5.74, 6) is -0.0680. The summed E-state index contributed by atoms with van der Waals surface area (Å²) in [6.07, 6.45) is 5.17. The predicted molar refractivity (Wildman–Crippen MR) is 71.3 cm³/mol. The van der Waals surface area contributed by atoms with Crippen molar-refractivity contribution in [1.82, 2.24) is 0 Å². The maximum Gasteiger partial charge on any atom is 0.302 e. The Morgan fingerprint density at radius 1 is 1.47 bits per heavy atom. The molecule has 2 saturated carbocycles. The Bertz CT molecular complexity index is 514. The fourth-order valence-electron chi connectivity index (χ4n) is 4.74. The van der Waals surface area contributed by atoms with E-state index in [-0.39, 0.29) is 40.5 Å². The van der Waals surface area contributed by atoms with E-state index >= 15 is 0 Å². The number of allylic oxidation sites excluding steroid dienone is 2. The summed E-state index contributed by atoms with van der Waals surface area (Å²) in [6.45, 7) is 9.91. The lowest BCUT2D eigenvalue weighted by molar-refractivity contribution is -0.151. The van der Waals surface area contributed by atoms with Crippen LogP contribution in [0.1, 0.15) is 33.6 Å². The third-order valence-electron chi connectivity index (χ3n) is 5.22. The molecule has 102 valence electrons. The Balaban J connectivity index is 2.09. The molecule has 2 fully saturated rings. The van der Waals surface area contributed by atoms with Gasteiger partial charge in [-0.05, 0) is 17.9 Å². The molecule has 2 bridgehead atoms. The zero-order valence-corrected chi connectivity index (χ0v) is 11.7. The van der Waals surface area contributed by atoms with E-state index in [4.69, 9.17) is 4.74 Å². The summed E-state index contributed by atoms with van der Waals surface area (Å²) in [5.41, 5.74) is 0.915. The molecule has 4 atom stereocenters. The van der Waals surface area contributed by atoms with Crippen molar-refractivity contribution in [1.29, 1.82) is 0 Å². The lowest BCUT2D eigenvalue weighted by Gasteiger charge is -2.34. The van der Waals surface area contributed by atoms with Gasteiger partial charge in [-0.25, -0.2) is 0 Å². The molecule has 0 saturated heterocycles. The summed E-state index contributed by atoms with van der Waals surface area (Å²) < 4.78 is 5.48. The number of rotatable bonds is 1. The van der Waals surface area contributed by atoms with E-state index in [2.05, 4.69) is 20.4 Å². The Morgan fingerprint density at radius 3 is 2.79 bits per heavy atom. The van der Waals surface area contributed by atoms with Crippen molar-refractivity contribution in [3.8, 4) is 0 Å². The molecule has 3 rings (SSSR count). The molecule has 0 N–H and O–H groups in total. The SMILES string of the molecule is C=C1C[C@@H](OC(C)=O)[C@H]2[C@@H]3C(=O)C=C[C@]12CC3(C)C. The first-order valence-electron chi connectivity index (χ1n) is 6.86. The van der Waals surface area contributed by atoms with Gasteiger partial charge < -0.3 is 4.74 Å². The van der Waals surface area contributed by atoms with Crippen molar-refractivity contribution in [3.05, 3.63) is 24.3 Å². The van der Waals surface area contributed by atoms with Crippen molar-refractivity contribution in [2.75, 3.05) is 0 Å². The van der Waals surface area contributed by atoms with E-state index in [0.29, 0.717) is 6.42 Å². The quantitative estimate of drug-likeness (QED) is 0.538. The second-order valence-electron chi connectivity index (χ2n) is 6.90. The third-order valence-corrected chi connectivity index (χ3v) is 5.22. The molecule has 0 aromatic rings. The summed E-state index contributed by atoms with van der Waals surface area (Å²) in [7, 11) is 0. The molecule has 0 unspecified atom stereocenters. The number of carbonyl (C=O) groups excluding carboxylic acids is 2. The predicted octanol–water partition coefficient (Wildman–Crippen LogP) is 2.67. The number of carbonyl (C=O) groups is 2. The standard InChI is InChI=1S/C16H20O3/c1-9-7-12(19-10(2)17)14-13-11(18)5-6-16(9,14)8-15(13,3)4/h5-6,12-14H,1,7-8H2,2-4H3/t12-,13+,14+,16+/m1/s1. The number of esters is 1. The van der Waals surface area contributed by atoms with Gasteiger partial charge in [0.25, 0.3) is 0 Å². The van der Waals surface area contributed by atoms with Crippen LogP contribution >= 0.6 is 0 Å². The highest BCUT2D eigenvalue weighted by Gasteiger charge is 2.66. The largest absolute Gasteiger partial charge is 0.462 e. The molecule has 19 heavy (non-hydrogen) atoms. The molecule has 0 aromatic carbocycles. The molecule has 0 heterocycles. The highest BCUT2D eigenvalue weighted by Crippen LogP contribution is 2.68. The lowest BCUT2D eigenvalue weighted by atomic mass is 9.70. The second-order valence-corrected chi connectivity index (χ2v) is 6.90. The van der Waals surface area contributed by atoms with Gasteiger partial charge in [0.2, 0.25) is 0 Å². The molecular formula is C16H20O3. The van der Waals surface area contributed by atoms with Gasteiger partial charge in [0.15, 0.2) is 5.78 Å². The van der Waals surface area contributed by atoms with E-state index in [9.17, 15) is 9.59 Å². The molecule has 0 aromatic heterocycles. The van der Waals surface area contributed by atoms with Crippen molar-refractivity contribution in [3.63, 3.8) is 0 Å². The average Bonchev–Trinajstić information content (AvgIpc) is 2.62. The van der Waals surface area contributed by atoms with Crippen LogP contribution in [-0.4, -0.2) is 17.9 Å². The topological polar surface area (TPSA) is 43.4 Å². The van der Waals surface area contributed by atoms with Crippen LogP contribution in [0.3, 0.4) is 0 Å². The van der Waals surface area contributed by atoms with Crippen LogP contribution in [-0.2, 0) is 14.3 Å². The van der Waals surface area contributed by atoms with E-state index in [1.54, 1.807) is 6.08 Å². The second kappa shape index (κ2) is 3.59. The summed E-state index contributed by atoms with van der Waals surface area (Å²) in [5, 5.41) is 0. The van der Waals surface area contributed by atoms with Gasteiger partial charge in [0.1, 0.15) is 6.10 Å². The molecule has 3 nitrogen and oxygen atoms in total. The van der Waals surface area contributed by atoms with Gasteiger partial charge >= 0.3 is 5.97 Å². The Morgan fingerprint density at radius 2 is 2.16 bits per heavy atom. The third kappa shape index (κ3) is 1.50. The first kappa shape index (κ1) is 12.6. The van der Waals surface area contributed by atoms with Gasteiger partial charge in [0.05, 0.1) is 0 Å². The number of ether oxygens (including phenoxy) is 1. The maximum absolute atomic E-state index is 12.3. The normalized spacial score (nSPS) is 42.4. The van der Waals surface area contributed by atoms with E-state index < -0.39 is 0 Å². The zero-order chi connectivity index (χ0) is 14.0. The van der Waals surface area contributed by atoms with Gasteiger partial charge in [-0.15, -0.1) is 0 Å². The Labute approximate surface area is 113 Å². The highest BCUT2D eigenvalue weighted by atomic mass is 16.5. The van der Waals surface area contributed by atoms with Gasteiger partial charge in [-0.3, -0.25) is 9.59 Å². The van der Waals surface area contributed by atoms with Crippen LogP contribution in [0.25, 0.3) is 0 Å². The average molecular weight is 260 g/mol. The summed E-state index contributed by atoms with van der Waals surface area (Å²) >= 11 is 0. The molecular weight excluding hydrogens is 240 g/mol. The molecule has 3 heteroatoms. The minimum atomic E-state index is -0.269. The smallest absolute Gasteiger partial charge is 0.302 e. The fraction of sp³-hybridized carbons (Fsp3) is 0.625. The molecule has 3 aliphatic carbocycles. The molecule has 0 aliphatic heterocycles. The number of hydrogen-bond acceptors (Lipinski definition) is 3. The lowest BCUT2D eigenvalue weighted by Crippen LogP contribution is -2.39. The maximum atomic E-state index is 12.3. The first-order chi connectivity index (χ1) is 8.78. The summed E-state index contributed by atoms with van der Waals surface area (Å²) in [6, 6.07) is 0. The monoisotopic (exact) mass is 260 g/mol. The Hall–Kier alpha value is -1.38. The molecule has 3 aliphatic rings. The highest BCUT2D eigenvalue weighted by molar-refractivity contribution is 5.95.